The van der Waals surface area contributed by atoms with Crippen molar-refractivity contribution in [2.24, 2.45) is 0 Å². The normalized spacial score (nSPS) is 22.4. The molecule has 1 saturated carbocycles. The maximum absolute atomic E-state index is 12.9. The van der Waals surface area contributed by atoms with Crippen LogP contribution in [0.3, 0.4) is 0 Å². The predicted molar refractivity (Wildman–Crippen MR) is 98.0 cm³/mol. The summed E-state index contributed by atoms with van der Waals surface area (Å²) in [7, 11) is 0. The Labute approximate surface area is 155 Å². The minimum atomic E-state index is -2.65. The second kappa shape index (κ2) is 5.99. The molecule has 0 atom stereocenters. The molecule has 5 nitrogen and oxygen atoms in total. The Morgan fingerprint density at radius 2 is 1.85 bits per heavy atom. The van der Waals surface area contributed by atoms with Gasteiger partial charge in [-0.1, -0.05) is 0 Å². The van der Waals surface area contributed by atoms with Crippen LogP contribution in [0.4, 0.5) is 8.78 Å². The molecule has 0 saturated heterocycles. The zero-order valence-electron chi connectivity index (χ0n) is 15.4. The van der Waals surface area contributed by atoms with E-state index >= 15 is 0 Å². The fourth-order valence-electron chi connectivity index (χ4n) is 4.01. The summed E-state index contributed by atoms with van der Waals surface area (Å²) < 4.78 is 27.9. The summed E-state index contributed by atoms with van der Waals surface area (Å²) in [6.07, 6.45) is 0.673. The zero-order valence-corrected chi connectivity index (χ0v) is 15.4. The molecule has 4 rings (SSSR count). The topological polar surface area (TPSA) is 71.2 Å². The maximum Gasteiger partial charge on any atom is 0.263 e. The quantitative estimate of drug-likeness (QED) is 0.712. The standard InChI is InChI=1S/C20H21F2N3O2/c1-10-4-12(18(21)22)5-16(26)17(10)15-6-14-11(2)9-25(19(14)24-23-15)13-7-20(3,27)8-13/h4-6,9,13,18,26-27H,7-8H2,1-3H3. The van der Waals surface area contributed by atoms with Crippen LogP contribution in [0.1, 0.15) is 48.9 Å². The number of nitrogens with zero attached hydrogens (tertiary/aromatic N) is 3. The number of aromatic nitrogens is 3. The van der Waals surface area contributed by atoms with Crippen LogP contribution in [-0.2, 0) is 0 Å². The van der Waals surface area contributed by atoms with Crippen LogP contribution in [0.2, 0.25) is 0 Å². The highest BCUT2D eigenvalue weighted by Gasteiger charge is 2.40. The predicted octanol–water partition coefficient (Wildman–Crippen LogP) is 4.44. The van der Waals surface area contributed by atoms with Gasteiger partial charge in [-0.05, 0) is 62.9 Å². The number of alkyl halides is 2. The van der Waals surface area contributed by atoms with Crippen molar-refractivity contribution in [2.75, 3.05) is 0 Å². The van der Waals surface area contributed by atoms with E-state index in [4.69, 9.17) is 0 Å². The number of benzene rings is 1. The van der Waals surface area contributed by atoms with Crippen LogP contribution >= 0.6 is 0 Å². The minimum absolute atomic E-state index is 0.178. The van der Waals surface area contributed by atoms with Gasteiger partial charge in [0.1, 0.15) is 5.75 Å². The number of hydrogen-bond acceptors (Lipinski definition) is 4. The summed E-state index contributed by atoms with van der Waals surface area (Å²) in [6.45, 7) is 5.45. The Bertz CT molecular complexity index is 1010. The number of rotatable bonds is 3. The highest BCUT2D eigenvalue weighted by atomic mass is 19.3. The molecule has 142 valence electrons. The Hall–Kier alpha value is -2.54. The molecule has 2 N–H and O–H groups in total. The fourth-order valence-corrected chi connectivity index (χ4v) is 4.01. The van der Waals surface area contributed by atoms with Crippen molar-refractivity contribution in [1.29, 1.82) is 0 Å². The number of phenols is 1. The average molecular weight is 373 g/mol. The average Bonchev–Trinajstić information content (AvgIpc) is 2.88. The summed E-state index contributed by atoms with van der Waals surface area (Å²) in [5.74, 6) is -0.230. The first-order valence-electron chi connectivity index (χ1n) is 8.85. The van der Waals surface area contributed by atoms with Crippen molar-refractivity contribution < 1.29 is 19.0 Å². The van der Waals surface area contributed by atoms with Gasteiger partial charge in [0.25, 0.3) is 6.43 Å². The lowest BCUT2D eigenvalue weighted by Gasteiger charge is -2.41. The summed E-state index contributed by atoms with van der Waals surface area (Å²) in [5, 5.41) is 29.8. The van der Waals surface area contributed by atoms with Gasteiger partial charge in [-0.2, -0.15) is 0 Å². The van der Waals surface area contributed by atoms with Crippen molar-refractivity contribution >= 4 is 11.0 Å². The molecule has 0 spiro atoms. The molecule has 0 radical (unpaired) electrons. The molecule has 1 aromatic carbocycles. The van der Waals surface area contributed by atoms with E-state index in [-0.39, 0.29) is 17.4 Å². The SMILES string of the molecule is Cc1cc(C(F)F)cc(O)c1-c1cc2c(C)cn(C3CC(C)(O)C3)c2nn1. The van der Waals surface area contributed by atoms with Crippen LogP contribution < -0.4 is 0 Å². The number of phenolic OH excluding ortho intramolecular Hbond substituents is 1. The minimum Gasteiger partial charge on any atom is -0.507 e. The summed E-state index contributed by atoms with van der Waals surface area (Å²) in [5.41, 5.74) is 2.24. The first kappa shape index (κ1) is 17.9. The van der Waals surface area contributed by atoms with Crippen molar-refractivity contribution in [1.82, 2.24) is 14.8 Å². The molecule has 0 amide bonds. The Kier molecular flexibility index (Phi) is 3.96. The Morgan fingerprint density at radius 1 is 1.15 bits per heavy atom. The van der Waals surface area contributed by atoms with Gasteiger partial charge in [0.05, 0.1) is 11.3 Å². The van der Waals surface area contributed by atoms with Gasteiger partial charge in [-0.3, -0.25) is 0 Å². The van der Waals surface area contributed by atoms with Gasteiger partial charge in [0.15, 0.2) is 5.65 Å². The first-order chi connectivity index (χ1) is 12.7. The monoisotopic (exact) mass is 373 g/mol. The lowest BCUT2D eigenvalue weighted by molar-refractivity contribution is -0.0498. The number of aromatic hydroxyl groups is 1. The summed E-state index contributed by atoms with van der Waals surface area (Å²) in [4.78, 5) is 0. The Morgan fingerprint density at radius 3 is 2.44 bits per heavy atom. The van der Waals surface area contributed by atoms with E-state index in [0.717, 1.165) is 22.7 Å². The van der Waals surface area contributed by atoms with Crippen LogP contribution in [0.25, 0.3) is 22.3 Å². The molecule has 7 heteroatoms. The van der Waals surface area contributed by atoms with E-state index in [0.29, 0.717) is 29.7 Å². The maximum atomic E-state index is 12.9. The van der Waals surface area contributed by atoms with Crippen LogP contribution in [0, 0.1) is 13.8 Å². The number of aliphatic hydroxyl groups is 1. The van der Waals surface area contributed by atoms with E-state index in [1.165, 1.54) is 6.07 Å². The van der Waals surface area contributed by atoms with Gasteiger partial charge < -0.3 is 14.8 Å². The van der Waals surface area contributed by atoms with Gasteiger partial charge in [0, 0.05) is 28.8 Å². The highest BCUT2D eigenvalue weighted by molar-refractivity contribution is 5.85. The molecule has 1 aliphatic rings. The number of halogens is 2. The molecule has 2 aromatic heterocycles. The second-order valence-corrected chi connectivity index (χ2v) is 7.78. The third-order valence-electron chi connectivity index (χ3n) is 5.37. The number of hydrogen-bond donors (Lipinski definition) is 2. The zero-order chi connectivity index (χ0) is 19.5. The molecule has 3 aromatic rings. The van der Waals surface area contributed by atoms with Crippen LogP contribution in [0.5, 0.6) is 5.75 Å². The molecular formula is C20H21F2N3O2. The van der Waals surface area contributed by atoms with Crippen molar-refractivity contribution in [3.05, 3.63) is 41.1 Å². The molecule has 0 unspecified atom stereocenters. The third-order valence-corrected chi connectivity index (χ3v) is 5.37. The van der Waals surface area contributed by atoms with Crippen LogP contribution in [-0.4, -0.2) is 30.6 Å². The first-order valence-corrected chi connectivity index (χ1v) is 8.85. The van der Waals surface area contributed by atoms with Crippen molar-refractivity contribution in [3.63, 3.8) is 0 Å². The van der Waals surface area contributed by atoms with E-state index in [1.54, 1.807) is 6.92 Å². The molecule has 0 bridgehead atoms. The second-order valence-electron chi connectivity index (χ2n) is 7.78. The largest absolute Gasteiger partial charge is 0.507 e. The Balaban J connectivity index is 1.78. The highest BCUT2D eigenvalue weighted by Crippen LogP contribution is 2.43. The van der Waals surface area contributed by atoms with E-state index < -0.39 is 12.0 Å². The van der Waals surface area contributed by atoms with E-state index in [9.17, 15) is 19.0 Å². The third kappa shape index (κ3) is 2.96. The molecular weight excluding hydrogens is 352 g/mol. The summed E-state index contributed by atoms with van der Waals surface area (Å²) >= 11 is 0. The van der Waals surface area contributed by atoms with E-state index in [1.807, 2.05) is 30.7 Å². The molecule has 27 heavy (non-hydrogen) atoms. The fraction of sp³-hybridized carbons (Fsp3) is 0.400. The number of aryl methyl sites for hydroxylation is 2. The lowest BCUT2D eigenvalue weighted by Crippen LogP contribution is -2.41. The van der Waals surface area contributed by atoms with Crippen LogP contribution in [0.15, 0.2) is 24.4 Å². The van der Waals surface area contributed by atoms with Gasteiger partial charge in [-0.15, -0.1) is 10.2 Å². The molecule has 1 fully saturated rings. The van der Waals surface area contributed by atoms with Gasteiger partial charge in [0.2, 0.25) is 0 Å². The summed E-state index contributed by atoms with van der Waals surface area (Å²) in [6, 6.07) is 4.44. The lowest BCUT2D eigenvalue weighted by atomic mass is 9.77. The van der Waals surface area contributed by atoms with Gasteiger partial charge in [-0.25, -0.2) is 8.78 Å². The molecule has 2 heterocycles. The molecule has 1 aliphatic carbocycles. The number of fused-ring (bicyclic) bond motifs is 1. The molecule has 0 aliphatic heterocycles. The van der Waals surface area contributed by atoms with E-state index in [2.05, 4.69) is 10.2 Å². The van der Waals surface area contributed by atoms with Crippen molar-refractivity contribution in [3.8, 4) is 17.0 Å². The van der Waals surface area contributed by atoms with Gasteiger partial charge >= 0.3 is 0 Å². The van der Waals surface area contributed by atoms with Crippen molar-refractivity contribution in [2.45, 2.75) is 51.7 Å². The smallest absolute Gasteiger partial charge is 0.263 e.